The van der Waals surface area contributed by atoms with Crippen LogP contribution < -0.4 is 5.73 Å². The maximum absolute atomic E-state index is 7.13. The fourth-order valence-electron chi connectivity index (χ4n) is 1.11. The first-order valence-corrected chi connectivity index (χ1v) is 5.22. The molecule has 0 amide bonds. The molecule has 0 saturated heterocycles. The van der Waals surface area contributed by atoms with Gasteiger partial charge in [-0.2, -0.15) is 0 Å². The Hall–Kier alpha value is -0.900. The van der Waals surface area contributed by atoms with Crippen molar-refractivity contribution >= 4 is 17.2 Å². The molecule has 72 valence electrons. The number of rotatable bonds is 4. The van der Waals surface area contributed by atoms with Crippen LogP contribution in [0.2, 0.25) is 0 Å². The highest BCUT2D eigenvalue weighted by Gasteiger charge is 2.04. The van der Waals surface area contributed by atoms with Gasteiger partial charge in [0.15, 0.2) is 0 Å². The molecule has 0 aliphatic heterocycles. The van der Waals surface area contributed by atoms with Crippen molar-refractivity contribution in [3.05, 3.63) is 16.1 Å². The second-order valence-electron chi connectivity index (χ2n) is 3.53. The average Bonchev–Trinajstić information content (AvgIpc) is 2.33. The Morgan fingerprint density at radius 3 is 2.92 bits per heavy atom. The van der Waals surface area contributed by atoms with E-state index in [0.29, 0.717) is 12.3 Å². The van der Waals surface area contributed by atoms with Crippen LogP contribution in [0.4, 0.5) is 0 Å². The molecule has 0 aliphatic carbocycles. The third-order valence-corrected chi connectivity index (χ3v) is 2.46. The van der Waals surface area contributed by atoms with Gasteiger partial charge in [0, 0.05) is 5.38 Å². The topological polar surface area (TPSA) is 62.8 Å². The lowest BCUT2D eigenvalue weighted by Crippen LogP contribution is -2.12. The van der Waals surface area contributed by atoms with Gasteiger partial charge in [0.25, 0.3) is 0 Å². The molecular formula is C9H15N3S. The van der Waals surface area contributed by atoms with E-state index < -0.39 is 0 Å². The zero-order chi connectivity index (χ0) is 9.84. The molecule has 3 nitrogen and oxygen atoms in total. The number of hydrogen-bond acceptors (Lipinski definition) is 3. The monoisotopic (exact) mass is 197 g/mol. The molecular weight excluding hydrogens is 182 g/mol. The number of nitrogens with zero attached hydrogens (tertiary/aromatic N) is 1. The van der Waals surface area contributed by atoms with Crippen LogP contribution >= 0.6 is 11.3 Å². The Bertz CT molecular complexity index is 291. The van der Waals surface area contributed by atoms with E-state index in [1.54, 1.807) is 11.3 Å². The molecule has 1 heterocycles. The summed E-state index contributed by atoms with van der Waals surface area (Å²) in [7, 11) is 0. The third-order valence-electron chi connectivity index (χ3n) is 1.56. The number of aromatic nitrogens is 1. The van der Waals surface area contributed by atoms with E-state index >= 15 is 0 Å². The average molecular weight is 197 g/mol. The van der Waals surface area contributed by atoms with E-state index in [1.165, 1.54) is 0 Å². The second-order valence-corrected chi connectivity index (χ2v) is 4.48. The molecule has 1 aromatic rings. The molecule has 0 atom stereocenters. The number of nitrogens with one attached hydrogen (secondary N) is 1. The van der Waals surface area contributed by atoms with Gasteiger partial charge in [-0.05, 0) is 12.3 Å². The summed E-state index contributed by atoms with van der Waals surface area (Å²) in [5, 5.41) is 10.1. The number of thiazole rings is 1. The van der Waals surface area contributed by atoms with Crippen LogP contribution in [0.25, 0.3) is 0 Å². The summed E-state index contributed by atoms with van der Waals surface area (Å²) in [4.78, 5) is 4.39. The Labute approximate surface area is 82.5 Å². The van der Waals surface area contributed by atoms with Crippen LogP contribution in [0.3, 0.4) is 0 Å². The molecule has 0 fully saturated rings. The van der Waals surface area contributed by atoms with Gasteiger partial charge in [-0.25, -0.2) is 4.98 Å². The van der Waals surface area contributed by atoms with Crippen molar-refractivity contribution < 1.29 is 0 Å². The van der Waals surface area contributed by atoms with E-state index in [-0.39, 0.29) is 5.84 Å². The zero-order valence-electron chi connectivity index (χ0n) is 8.00. The molecule has 1 aromatic heterocycles. The maximum atomic E-state index is 7.13. The lowest BCUT2D eigenvalue weighted by Gasteiger charge is -1.98. The minimum atomic E-state index is 0.186. The van der Waals surface area contributed by atoms with Gasteiger partial charge in [-0.15, -0.1) is 11.3 Å². The van der Waals surface area contributed by atoms with E-state index in [2.05, 4.69) is 24.2 Å². The first-order valence-electron chi connectivity index (χ1n) is 4.34. The van der Waals surface area contributed by atoms with Crippen LogP contribution in [-0.4, -0.2) is 10.8 Å². The van der Waals surface area contributed by atoms with Crippen molar-refractivity contribution in [2.45, 2.75) is 26.7 Å². The van der Waals surface area contributed by atoms with E-state index in [4.69, 9.17) is 11.1 Å². The van der Waals surface area contributed by atoms with Gasteiger partial charge in [0.1, 0.15) is 5.01 Å². The van der Waals surface area contributed by atoms with Crippen molar-refractivity contribution in [3.8, 4) is 0 Å². The zero-order valence-corrected chi connectivity index (χ0v) is 8.82. The quantitative estimate of drug-likeness (QED) is 0.571. The lowest BCUT2D eigenvalue weighted by molar-refractivity contribution is 0.637. The first-order chi connectivity index (χ1) is 6.08. The highest BCUT2D eigenvalue weighted by Crippen LogP contribution is 2.13. The second kappa shape index (κ2) is 4.37. The molecule has 4 heteroatoms. The summed E-state index contributed by atoms with van der Waals surface area (Å²) < 4.78 is 0. The van der Waals surface area contributed by atoms with E-state index in [0.717, 1.165) is 17.1 Å². The van der Waals surface area contributed by atoms with E-state index in [1.807, 2.05) is 0 Å². The Morgan fingerprint density at radius 2 is 2.38 bits per heavy atom. The summed E-state index contributed by atoms with van der Waals surface area (Å²) in [5.74, 6) is 0.817. The van der Waals surface area contributed by atoms with Crippen LogP contribution in [0, 0.1) is 11.3 Å². The Morgan fingerprint density at radius 1 is 1.69 bits per heavy atom. The molecule has 13 heavy (non-hydrogen) atoms. The molecule has 0 unspecified atom stereocenters. The third kappa shape index (κ3) is 3.55. The number of hydrogen-bond donors (Lipinski definition) is 2. The van der Waals surface area contributed by atoms with Gasteiger partial charge >= 0.3 is 0 Å². The fourth-order valence-corrected chi connectivity index (χ4v) is 1.93. The molecule has 1 rings (SSSR count). The molecule has 0 bridgehead atoms. The van der Waals surface area contributed by atoms with Crippen LogP contribution in [0.15, 0.2) is 5.38 Å². The lowest BCUT2D eigenvalue weighted by atomic mass is 10.1. The SMILES string of the molecule is CC(C)Cc1csc(CC(=N)N)n1. The van der Waals surface area contributed by atoms with Crippen molar-refractivity contribution in [2.75, 3.05) is 0 Å². The van der Waals surface area contributed by atoms with Gasteiger partial charge in [0.2, 0.25) is 0 Å². The molecule has 3 N–H and O–H groups in total. The predicted octanol–water partition coefficient (Wildman–Crippen LogP) is 1.82. The van der Waals surface area contributed by atoms with Gasteiger partial charge in [-0.1, -0.05) is 13.8 Å². The predicted molar refractivity (Wildman–Crippen MR) is 56.3 cm³/mol. The Balaban J connectivity index is 2.58. The first kappa shape index (κ1) is 10.2. The van der Waals surface area contributed by atoms with Crippen molar-refractivity contribution in [1.82, 2.24) is 4.98 Å². The maximum Gasteiger partial charge on any atom is 0.100 e. The Kier molecular flexibility index (Phi) is 3.42. The molecule has 0 radical (unpaired) electrons. The number of amidine groups is 1. The summed E-state index contributed by atoms with van der Waals surface area (Å²) in [6.07, 6.45) is 1.50. The fraction of sp³-hybridized carbons (Fsp3) is 0.556. The molecule has 0 spiro atoms. The molecule has 0 aliphatic rings. The van der Waals surface area contributed by atoms with Crippen molar-refractivity contribution in [1.29, 1.82) is 5.41 Å². The van der Waals surface area contributed by atoms with Gasteiger partial charge in [-0.3, -0.25) is 5.41 Å². The minimum absolute atomic E-state index is 0.186. The van der Waals surface area contributed by atoms with Crippen LogP contribution in [-0.2, 0) is 12.8 Å². The normalized spacial score (nSPS) is 10.7. The summed E-state index contributed by atoms with van der Waals surface area (Å²) in [6.45, 7) is 4.34. The highest BCUT2D eigenvalue weighted by atomic mass is 32.1. The van der Waals surface area contributed by atoms with E-state index in [9.17, 15) is 0 Å². The summed E-state index contributed by atoms with van der Waals surface area (Å²) in [5.41, 5.74) is 6.41. The van der Waals surface area contributed by atoms with Crippen LogP contribution in [0.1, 0.15) is 24.5 Å². The number of nitrogens with two attached hydrogens (primary N) is 1. The molecule has 0 saturated carbocycles. The smallest absolute Gasteiger partial charge is 0.100 e. The van der Waals surface area contributed by atoms with Gasteiger partial charge < -0.3 is 5.73 Å². The summed E-state index contributed by atoms with van der Waals surface area (Å²) >= 11 is 1.59. The molecule has 0 aromatic carbocycles. The largest absolute Gasteiger partial charge is 0.387 e. The summed E-state index contributed by atoms with van der Waals surface area (Å²) in [6, 6.07) is 0. The van der Waals surface area contributed by atoms with Crippen molar-refractivity contribution in [3.63, 3.8) is 0 Å². The van der Waals surface area contributed by atoms with Crippen LogP contribution in [0.5, 0.6) is 0 Å². The van der Waals surface area contributed by atoms with Gasteiger partial charge in [0.05, 0.1) is 18.0 Å². The standard InChI is InChI=1S/C9H15N3S/c1-6(2)3-7-5-13-9(12-7)4-8(10)11/h5-6H,3-4H2,1-2H3,(H3,10,11). The van der Waals surface area contributed by atoms with Crippen molar-refractivity contribution in [2.24, 2.45) is 11.7 Å². The highest BCUT2D eigenvalue weighted by molar-refractivity contribution is 7.09. The minimum Gasteiger partial charge on any atom is -0.387 e.